The molecule has 0 aromatic rings. The summed E-state index contributed by atoms with van der Waals surface area (Å²) in [5, 5.41) is 0. The zero-order valence-corrected chi connectivity index (χ0v) is 18.2. The van der Waals surface area contributed by atoms with Crippen LogP contribution in [0, 0.1) is 0 Å². The first-order chi connectivity index (χ1) is 9.24. The summed E-state index contributed by atoms with van der Waals surface area (Å²) in [6, 6.07) is 6.93. The van der Waals surface area contributed by atoms with Gasteiger partial charge in [0.1, 0.15) is 0 Å². The summed E-state index contributed by atoms with van der Waals surface area (Å²) in [6.07, 6.45) is 12.0. The highest BCUT2D eigenvalue weighted by Gasteiger charge is 2.30. The van der Waals surface area contributed by atoms with Crippen molar-refractivity contribution >= 4 is 25.2 Å². The molecule has 0 heterocycles. The Morgan fingerprint density at radius 3 is 1.26 bits per heavy atom. The highest BCUT2D eigenvalue weighted by atomic mass is 29.6. The summed E-state index contributed by atoms with van der Waals surface area (Å²) >= 11 is 0. The third kappa shape index (κ3) is 10.1. The van der Waals surface area contributed by atoms with Gasteiger partial charge in [0, 0.05) is 25.2 Å². The maximum Gasteiger partial charge on any atom is 0.0281 e. The molecular weight excluding hydrogens is 276 g/mol. The Labute approximate surface area is 128 Å². The van der Waals surface area contributed by atoms with Crippen molar-refractivity contribution in [2.45, 2.75) is 103 Å². The van der Waals surface area contributed by atoms with Crippen LogP contribution in [0.15, 0.2) is 0 Å². The maximum atomic E-state index is 2.40. The number of rotatable bonds is 14. The molecule has 0 rings (SSSR count). The Morgan fingerprint density at radius 2 is 0.947 bits per heavy atom. The van der Waals surface area contributed by atoms with Gasteiger partial charge < -0.3 is 0 Å². The smallest absolute Gasteiger partial charge is 0.0281 e. The van der Waals surface area contributed by atoms with E-state index < -0.39 is 7.11 Å². The van der Waals surface area contributed by atoms with E-state index in [1.807, 2.05) is 0 Å². The molecule has 0 aliphatic carbocycles. The van der Waals surface area contributed by atoms with Crippen molar-refractivity contribution < 1.29 is 0 Å². The molecule has 0 nitrogen and oxygen atoms in total. The molecule has 0 unspecified atom stereocenters. The highest BCUT2D eigenvalue weighted by Crippen LogP contribution is 2.23. The predicted octanol–water partition coefficient (Wildman–Crippen LogP) is 4.80. The molecule has 0 saturated heterocycles. The lowest BCUT2D eigenvalue weighted by Crippen LogP contribution is -2.48. The Hall–Kier alpha value is 0.651. The second-order valence-corrected chi connectivity index (χ2v) is 28.0. The Bertz CT molecular complexity index is 163. The minimum absolute atomic E-state index is 0.339. The summed E-state index contributed by atoms with van der Waals surface area (Å²) in [6.45, 7) is 9.56. The lowest BCUT2D eigenvalue weighted by atomic mass is 10.4. The van der Waals surface area contributed by atoms with E-state index in [1.54, 1.807) is 49.9 Å². The monoisotopic (exact) mass is 316 g/mol. The Kier molecular flexibility index (Phi) is 14.1. The van der Waals surface area contributed by atoms with Crippen LogP contribution in [-0.2, 0) is 0 Å². The molecule has 0 radical (unpaired) electrons. The second-order valence-electron chi connectivity index (χ2n) is 6.62. The van der Waals surface area contributed by atoms with Crippen LogP contribution in [0.5, 0.6) is 0 Å². The minimum atomic E-state index is -0.634. The molecule has 116 valence electrons. The topological polar surface area (TPSA) is 0 Å². The normalized spacial score (nSPS) is 13.3. The minimum Gasteiger partial charge on any atom is -0.0654 e. The van der Waals surface area contributed by atoms with Crippen LogP contribution >= 0.6 is 0 Å². The van der Waals surface area contributed by atoms with Crippen molar-refractivity contribution in [1.29, 1.82) is 0 Å². The van der Waals surface area contributed by atoms with Gasteiger partial charge in [-0.25, -0.2) is 0 Å². The molecular formula is C16H40Si3. The van der Waals surface area contributed by atoms with E-state index in [0.29, 0.717) is 18.1 Å². The van der Waals surface area contributed by atoms with Gasteiger partial charge in [0.25, 0.3) is 0 Å². The van der Waals surface area contributed by atoms with E-state index in [-0.39, 0.29) is 0 Å². The molecule has 0 bridgehead atoms. The molecule has 0 atom stereocenters. The lowest BCUT2D eigenvalue weighted by molar-refractivity contribution is 0.839. The van der Waals surface area contributed by atoms with E-state index in [9.17, 15) is 0 Å². The zero-order chi connectivity index (χ0) is 14.4. The molecule has 3 heteroatoms. The van der Waals surface area contributed by atoms with Crippen LogP contribution in [0.2, 0.25) is 24.2 Å². The zero-order valence-electron chi connectivity index (χ0n) is 14.4. The fraction of sp³-hybridized carbons (Fsp3) is 1.00. The molecule has 0 aromatic carbocycles. The molecule has 0 aliphatic rings. The van der Waals surface area contributed by atoms with Crippen LogP contribution < -0.4 is 0 Å². The predicted molar refractivity (Wildman–Crippen MR) is 102 cm³/mol. The standard InChI is InChI=1S/C16H40Si3/c1-5-9-13-17-19(15-11-7-3,16-12-8-4)18-14-10-6-2/h5-18H2,1-4H3. The fourth-order valence-corrected chi connectivity index (χ4v) is 29.6. The highest BCUT2D eigenvalue weighted by molar-refractivity contribution is 7.50. The molecule has 0 aromatic heterocycles. The van der Waals surface area contributed by atoms with Crippen LogP contribution in [-0.4, -0.2) is 25.2 Å². The third-order valence-corrected chi connectivity index (χ3v) is 30.5. The van der Waals surface area contributed by atoms with E-state index in [1.165, 1.54) is 25.7 Å². The van der Waals surface area contributed by atoms with Gasteiger partial charge in [-0.2, -0.15) is 0 Å². The molecule has 0 saturated carbocycles. The average molecular weight is 317 g/mol. The summed E-state index contributed by atoms with van der Waals surface area (Å²) < 4.78 is 0. The van der Waals surface area contributed by atoms with Crippen molar-refractivity contribution in [2.75, 3.05) is 0 Å². The van der Waals surface area contributed by atoms with E-state index in [4.69, 9.17) is 0 Å². The van der Waals surface area contributed by atoms with Gasteiger partial charge in [0.15, 0.2) is 0 Å². The summed E-state index contributed by atoms with van der Waals surface area (Å²) in [5.41, 5.74) is 0. The Morgan fingerprint density at radius 1 is 0.579 bits per heavy atom. The van der Waals surface area contributed by atoms with Gasteiger partial charge in [-0.05, 0) is 0 Å². The van der Waals surface area contributed by atoms with Crippen molar-refractivity contribution in [3.63, 3.8) is 0 Å². The van der Waals surface area contributed by atoms with Crippen molar-refractivity contribution in [3.8, 4) is 0 Å². The first-order valence-electron chi connectivity index (χ1n) is 9.24. The molecule has 19 heavy (non-hydrogen) atoms. The number of hydrogen-bond acceptors (Lipinski definition) is 0. The summed E-state index contributed by atoms with van der Waals surface area (Å²) in [7, 11) is 0.0448. The van der Waals surface area contributed by atoms with Gasteiger partial charge >= 0.3 is 0 Å². The molecule has 0 aliphatic heterocycles. The lowest BCUT2D eigenvalue weighted by Gasteiger charge is -2.32. The van der Waals surface area contributed by atoms with Crippen LogP contribution in [0.25, 0.3) is 0 Å². The SMILES string of the molecule is CCCC[SiH2][Si](CCCC)(CCCC)[SiH2]CCCC. The molecule has 0 N–H and O–H groups in total. The summed E-state index contributed by atoms with van der Waals surface area (Å²) in [4.78, 5) is 0. The van der Waals surface area contributed by atoms with Gasteiger partial charge in [-0.3, -0.25) is 0 Å². The van der Waals surface area contributed by atoms with Crippen LogP contribution in [0.4, 0.5) is 0 Å². The van der Waals surface area contributed by atoms with E-state index in [0.717, 1.165) is 0 Å². The third-order valence-electron chi connectivity index (χ3n) is 4.74. The van der Waals surface area contributed by atoms with Crippen molar-refractivity contribution in [2.24, 2.45) is 0 Å². The van der Waals surface area contributed by atoms with E-state index in [2.05, 4.69) is 27.7 Å². The largest absolute Gasteiger partial charge is 0.0654 e. The first kappa shape index (κ1) is 19.7. The van der Waals surface area contributed by atoms with Crippen LogP contribution in [0.1, 0.15) is 79.1 Å². The van der Waals surface area contributed by atoms with Gasteiger partial charge in [0.2, 0.25) is 0 Å². The molecule has 0 spiro atoms. The number of hydrogen-bond donors (Lipinski definition) is 0. The second kappa shape index (κ2) is 13.6. The fourth-order valence-electron chi connectivity index (χ4n) is 3.35. The van der Waals surface area contributed by atoms with Gasteiger partial charge in [0.05, 0.1) is 0 Å². The van der Waals surface area contributed by atoms with Gasteiger partial charge in [-0.1, -0.05) is 103 Å². The van der Waals surface area contributed by atoms with E-state index >= 15 is 0 Å². The molecule has 0 amide bonds. The van der Waals surface area contributed by atoms with Gasteiger partial charge in [-0.15, -0.1) is 0 Å². The van der Waals surface area contributed by atoms with Crippen molar-refractivity contribution in [1.82, 2.24) is 0 Å². The number of unbranched alkanes of at least 4 members (excludes halogenated alkanes) is 4. The van der Waals surface area contributed by atoms with Crippen LogP contribution in [0.3, 0.4) is 0 Å². The summed E-state index contributed by atoms with van der Waals surface area (Å²) in [5.74, 6) is 0. The quantitative estimate of drug-likeness (QED) is 0.319. The maximum absolute atomic E-state index is 2.40. The Balaban J connectivity index is 4.44. The molecule has 0 fully saturated rings. The first-order valence-corrected chi connectivity index (χ1v) is 18.3. The van der Waals surface area contributed by atoms with Crippen molar-refractivity contribution in [3.05, 3.63) is 0 Å². The average Bonchev–Trinajstić information content (AvgIpc) is 2.43.